The Kier molecular flexibility index (Phi) is 9.57. The van der Waals surface area contributed by atoms with Gasteiger partial charge in [-0.05, 0) is 128 Å². The number of aromatic nitrogens is 1. The Balaban J connectivity index is 1.09. The molecule has 0 bridgehead atoms. The Hall–Kier alpha value is -8.20. The van der Waals surface area contributed by atoms with Crippen molar-refractivity contribution < 1.29 is 0 Å². The molecule has 11 rings (SSSR count). The van der Waals surface area contributed by atoms with Crippen molar-refractivity contribution in [1.29, 1.82) is 0 Å². The maximum absolute atomic E-state index is 2.42. The molecule has 292 valence electrons. The molecule has 0 unspecified atom stereocenters. The van der Waals surface area contributed by atoms with E-state index < -0.39 is 0 Å². The highest BCUT2D eigenvalue weighted by Gasteiger charge is 2.20. The van der Waals surface area contributed by atoms with Crippen LogP contribution in [0.3, 0.4) is 0 Å². The summed E-state index contributed by atoms with van der Waals surface area (Å²) < 4.78 is 2.39. The molecule has 0 saturated heterocycles. The Morgan fingerprint density at radius 1 is 0.258 bits per heavy atom. The highest BCUT2D eigenvalue weighted by atomic mass is 15.1. The molecule has 11 aromatic rings. The van der Waals surface area contributed by atoms with Gasteiger partial charge in [0.05, 0.1) is 11.0 Å². The fraction of sp³-hybridized carbons (Fsp3) is 0. The molecule has 0 atom stereocenters. The van der Waals surface area contributed by atoms with Gasteiger partial charge >= 0.3 is 0 Å². The van der Waals surface area contributed by atoms with Gasteiger partial charge in [-0.1, -0.05) is 182 Å². The van der Waals surface area contributed by atoms with Crippen LogP contribution in [-0.4, -0.2) is 4.57 Å². The molecule has 10 aromatic carbocycles. The second-order valence-electron chi connectivity index (χ2n) is 15.8. The van der Waals surface area contributed by atoms with Gasteiger partial charge in [-0.3, -0.25) is 0 Å². The minimum absolute atomic E-state index is 1.08. The van der Waals surface area contributed by atoms with Crippen LogP contribution in [0, 0.1) is 0 Å². The Morgan fingerprint density at radius 3 is 1.35 bits per heavy atom. The minimum Gasteiger partial charge on any atom is -0.310 e. The van der Waals surface area contributed by atoms with Crippen LogP contribution in [0.5, 0.6) is 0 Å². The SMILES string of the molecule is c1ccc(-c2cccc(-c3ccc(N(c4cc(-c5ccccc5)cc(-c5ccccc5)c4)c4cccc(-c5cccc6c5c5ccccc5n6-c5ccccc5)c4)cc3)c2)cc1. The Bertz CT molecular complexity index is 3260. The monoisotopic (exact) mass is 790 g/mol. The highest BCUT2D eigenvalue weighted by Crippen LogP contribution is 2.44. The van der Waals surface area contributed by atoms with Crippen molar-refractivity contribution >= 4 is 38.9 Å². The van der Waals surface area contributed by atoms with Gasteiger partial charge < -0.3 is 9.47 Å². The van der Waals surface area contributed by atoms with Gasteiger partial charge in [-0.2, -0.15) is 0 Å². The quantitative estimate of drug-likeness (QED) is 0.141. The first-order valence-electron chi connectivity index (χ1n) is 21.3. The summed E-state index contributed by atoms with van der Waals surface area (Å²) in [4.78, 5) is 2.42. The number of para-hydroxylation sites is 2. The average molecular weight is 791 g/mol. The molecule has 1 aromatic heterocycles. The lowest BCUT2D eigenvalue weighted by Crippen LogP contribution is -2.10. The lowest BCUT2D eigenvalue weighted by Gasteiger charge is -2.27. The summed E-state index contributed by atoms with van der Waals surface area (Å²) in [6.07, 6.45) is 0. The Morgan fingerprint density at radius 2 is 0.710 bits per heavy atom. The van der Waals surface area contributed by atoms with E-state index in [0.717, 1.165) is 39.4 Å². The smallest absolute Gasteiger partial charge is 0.0547 e. The van der Waals surface area contributed by atoms with E-state index in [2.05, 4.69) is 264 Å². The lowest BCUT2D eigenvalue weighted by atomic mass is 9.96. The predicted molar refractivity (Wildman–Crippen MR) is 263 cm³/mol. The predicted octanol–water partition coefficient (Wildman–Crippen LogP) is 16.6. The number of nitrogens with zero attached hydrogens (tertiary/aromatic N) is 2. The molecular weight excluding hydrogens is 749 g/mol. The zero-order valence-electron chi connectivity index (χ0n) is 34.1. The van der Waals surface area contributed by atoms with Crippen LogP contribution in [0.4, 0.5) is 17.1 Å². The molecule has 0 fully saturated rings. The van der Waals surface area contributed by atoms with Gasteiger partial charge in [-0.15, -0.1) is 0 Å². The second-order valence-corrected chi connectivity index (χ2v) is 15.8. The van der Waals surface area contributed by atoms with Gasteiger partial charge in [0.1, 0.15) is 0 Å². The summed E-state index contributed by atoms with van der Waals surface area (Å²) in [5, 5.41) is 2.48. The van der Waals surface area contributed by atoms with Crippen LogP contribution < -0.4 is 4.90 Å². The van der Waals surface area contributed by atoms with E-state index >= 15 is 0 Å². The minimum atomic E-state index is 1.08. The molecule has 0 radical (unpaired) electrons. The summed E-state index contributed by atoms with van der Waals surface area (Å²) in [7, 11) is 0. The van der Waals surface area contributed by atoms with Crippen molar-refractivity contribution in [2.24, 2.45) is 0 Å². The lowest BCUT2D eigenvalue weighted by molar-refractivity contribution is 1.18. The van der Waals surface area contributed by atoms with Crippen molar-refractivity contribution in [3.63, 3.8) is 0 Å². The number of benzene rings is 10. The van der Waals surface area contributed by atoms with E-state index in [4.69, 9.17) is 0 Å². The molecule has 0 aliphatic rings. The van der Waals surface area contributed by atoms with Crippen LogP contribution in [0.15, 0.2) is 255 Å². The zero-order valence-corrected chi connectivity index (χ0v) is 34.1. The standard InChI is InChI=1S/C60H42N2/c1-5-18-43(19-6-1)47-24-15-25-48(38-47)46-34-36-53(37-35-46)61(55-41-50(44-20-7-2-8-21-44)39-51(42-55)45-22-9-3-10-23-45)54-29-16-26-49(40-54)56-31-17-33-59-60(56)57-30-13-14-32-58(57)62(59)52-27-11-4-12-28-52/h1-42H. The van der Waals surface area contributed by atoms with Crippen molar-refractivity contribution in [3.8, 4) is 61.3 Å². The third kappa shape index (κ3) is 6.94. The van der Waals surface area contributed by atoms with Crippen molar-refractivity contribution in [2.45, 2.75) is 0 Å². The van der Waals surface area contributed by atoms with Crippen LogP contribution in [-0.2, 0) is 0 Å². The number of hydrogen-bond acceptors (Lipinski definition) is 1. The summed E-state index contributed by atoms with van der Waals surface area (Å²) in [6.45, 7) is 0. The maximum atomic E-state index is 2.42. The molecule has 2 heteroatoms. The van der Waals surface area contributed by atoms with E-state index in [1.54, 1.807) is 0 Å². The highest BCUT2D eigenvalue weighted by molar-refractivity contribution is 6.16. The van der Waals surface area contributed by atoms with Crippen molar-refractivity contribution in [3.05, 3.63) is 255 Å². The van der Waals surface area contributed by atoms with Crippen LogP contribution in [0.1, 0.15) is 0 Å². The van der Waals surface area contributed by atoms with Gasteiger partial charge in [0.2, 0.25) is 0 Å². The topological polar surface area (TPSA) is 8.17 Å². The summed E-state index contributed by atoms with van der Waals surface area (Å²) in [5.74, 6) is 0. The number of fused-ring (bicyclic) bond motifs is 3. The normalized spacial score (nSPS) is 11.2. The van der Waals surface area contributed by atoms with Gasteiger partial charge in [0.15, 0.2) is 0 Å². The average Bonchev–Trinajstić information content (AvgIpc) is 3.70. The van der Waals surface area contributed by atoms with Gasteiger partial charge in [-0.25, -0.2) is 0 Å². The molecule has 2 nitrogen and oxygen atoms in total. The van der Waals surface area contributed by atoms with E-state index in [-0.39, 0.29) is 0 Å². The molecule has 0 spiro atoms. The van der Waals surface area contributed by atoms with Crippen LogP contribution in [0.2, 0.25) is 0 Å². The fourth-order valence-corrected chi connectivity index (χ4v) is 9.02. The molecule has 62 heavy (non-hydrogen) atoms. The molecule has 0 N–H and O–H groups in total. The van der Waals surface area contributed by atoms with E-state index in [1.807, 2.05) is 0 Å². The van der Waals surface area contributed by atoms with E-state index in [0.29, 0.717) is 0 Å². The van der Waals surface area contributed by atoms with Crippen LogP contribution >= 0.6 is 0 Å². The zero-order chi connectivity index (χ0) is 41.2. The first kappa shape index (κ1) is 36.8. The first-order valence-corrected chi connectivity index (χ1v) is 21.3. The summed E-state index contributed by atoms with van der Waals surface area (Å²) in [5.41, 5.74) is 18.6. The summed E-state index contributed by atoms with van der Waals surface area (Å²) in [6, 6.07) is 92.1. The molecular formula is C60H42N2. The molecule has 0 saturated carbocycles. The van der Waals surface area contributed by atoms with Crippen molar-refractivity contribution in [1.82, 2.24) is 4.57 Å². The van der Waals surface area contributed by atoms with E-state index in [1.165, 1.54) is 60.8 Å². The molecule has 0 amide bonds. The van der Waals surface area contributed by atoms with E-state index in [9.17, 15) is 0 Å². The second kappa shape index (κ2) is 16.1. The summed E-state index contributed by atoms with van der Waals surface area (Å²) >= 11 is 0. The van der Waals surface area contributed by atoms with Gasteiger partial charge in [0, 0.05) is 33.5 Å². The number of hydrogen-bond donors (Lipinski definition) is 0. The fourth-order valence-electron chi connectivity index (χ4n) is 9.02. The molecule has 0 aliphatic heterocycles. The van der Waals surface area contributed by atoms with Crippen LogP contribution in [0.25, 0.3) is 83.1 Å². The van der Waals surface area contributed by atoms with Gasteiger partial charge in [0.25, 0.3) is 0 Å². The molecule has 0 aliphatic carbocycles. The number of anilines is 3. The largest absolute Gasteiger partial charge is 0.310 e. The Labute approximate surface area is 362 Å². The number of rotatable bonds is 9. The maximum Gasteiger partial charge on any atom is 0.0547 e. The molecule has 1 heterocycles. The van der Waals surface area contributed by atoms with Crippen molar-refractivity contribution in [2.75, 3.05) is 4.90 Å². The third-order valence-electron chi connectivity index (χ3n) is 11.9. The first-order chi connectivity index (χ1) is 30.7. The third-order valence-corrected chi connectivity index (χ3v) is 11.9.